The Kier molecular flexibility index (Phi) is 7.56. The Hall–Kier alpha value is -2.50. The summed E-state index contributed by atoms with van der Waals surface area (Å²) in [5.74, 6) is -0.413. The van der Waals surface area contributed by atoms with Crippen molar-refractivity contribution >= 4 is 0 Å². The Morgan fingerprint density at radius 1 is 0.833 bits per heavy atom. The number of ether oxygens (including phenoxy) is 2. The maximum absolute atomic E-state index is 12.9. The minimum absolute atomic E-state index is 0.0103. The fraction of sp³-hybridized carbons (Fsp3) is 0.368. The molecule has 0 saturated carbocycles. The van der Waals surface area contributed by atoms with E-state index in [9.17, 15) is 31.4 Å². The van der Waals surface area contributed by atoms with Crippen LogP contribution in [0.15, 0.2) is 42.5 Å². The third-order valence-corrected chi connectivity index (χ3v) is 3.87. The van der Waals surface area contributed by atoms with E-state index in [1.165, 1.54) is 24.3 Å². The van der Waals surface area contributed by atoms with E-state index in [1.807, 2.05) is 0 Å². The van der Waals surface area contributed by atoms with Crippen LogP contribution >= 0.6 is 0 Å². The molecular weight excluding hydrogens is 420 g/mol. The van der Waals surface area contributed by atoms with E-state index in [1.54, 1.807) is 0 Å². The van der Waals surface area contributed by atoms with Crippen molar-refractivity contribution in [2.45, 2.75) is 37.5 Å². The largest absolute Gasteiger partial charge is 0.475 e. The van der Waals surface area contributed by atoms with Gasteiger partial charge in [0.15, 0.2) is 0 Å². The van der Waals surface area contributed by atoms with Crippen molar-refractivity contribution in [3.8, 4) is 17.2 Å². The van der Waals surface area contributed by atoms with Crippen LogP contribution in [0.25, 0.3) is 0 Å². The number of aliphatic hydroxyl groups excluding tert-OH is 2. The lowest BCUT2D eigenvalue weighted by Crippen LogP contribution is -2.32. The molecule has 11 heteroatoms. The molecule has 0 bridgehead atoms. The van der Waals surface area contributed by atoms with Gasteiger partial charge in [-0.05, 0) is 48.9 Å². The van der Waals surface area contributed by atoms with Crippen LogP contribution in [-0.4, -0.2) is 29.2 Å². The number of nitrogens with two attached hydrogens (primary N) is 1. The number of benzene rings is 2. The molecule has 2 aromatic rings. The normalized spacial score (nSPS) is 14.3. The zero-order chi connectivity index (χ0) is 22.5. The van der Waals surface area contributed by atoms with Gasteiger partial charge in [-0.1, -0.05) is 0 Å². The molecule has 0 aliphatic heterocycles. The minimum Gasteiger partial charge on any atom is -0.475 e. The number of hydrogen-bond donors (Lipinski definition) is 3. The highest BCUT2D eigenvalue weighted by Gasteiger charge is 2.37. The lowest BCUT2D eigenvalue weighted by Gasteiger charge is -2.18. The van der Waals surface area contributed by atoms with Gasteiger partial charge in [0, 0.05) is 13.0 Å². The van der Waals surface area contributed by atoms with Gasteiger partial charge in [0.05, 0.1) is 17.2 Å². The molecule has 2 unspecified atom stereocenters. The van der Waals surface area contributed by atoms with Crippen LogP contribution < -0.4 is 15.2 Å². The first kappa shape index (κ1) is 23.8. The Labute approximate surface area is 167 Å². The maximum atomic E-state index is 12.9. The minimum atomic E-state index is -4.98. The first-order valence-corrected chi connectivity index (χ1v) is 8.67. The average Bonchev–Trinajstić information content (AvgIpc) is 2.61. The lowest BCUT2D eigenvalue weighted by atomic mass is 10.1. The molecule has 0 fully saturated rings. The van der Waals surface area contributed by atoms with Crippen molar-refractivity contribution in [2.75, 3.05) is 6.61 Å². The van der Waals surface area contributed by atoms with Gasteiger partial charge in [-0.15, -0.1) is 0 Å². The fourth-order valence-corrected chi connectivity index (χ4v) is 2.47. The zero-order valence-corrected chi connectivity index (χ0v) is 15.4. The molecule has 166 valence electrons. The van der Waals surface area contributed by atoms with Gasteiger partial charge in [-0.2, -0.15) is 26.3 Å². The van der Waals surface area contributed by atoms with Gasteiger partial charge in [-0.3, -0.25) is 5.73 Å². The molecule has 0 aliphatic rings. The summed E-state index contributed by atoms with van der Waals surface area (Å²) < 4.78 is 87.9. The SMILES string of the molecule is NC(CC(O)CCO)Oc1ccc(Oc2cc(C(F)(F)F)cc(C(F)(F)F)c2)cc1. The predicted molar refractivity (Wildman–Crippen MR) is 93.9 cm³/mol. The molecule has 0 aliphatic carbocycles. The van der Waals surface area contributed by atoms with Crippen LogP contribution in [0.3, 0.4) is 0 Å². The van der Waals surface area contributed by atoms with E-state index in [0.29, 0.717) is 12.1 Å². The highest BCUT2D eigenvalue weighted by atomic mass is 19.4. The summed E-state index contributed by atoms with van der Waals surface area (Å²) >= 11 is 0. The number of rotatable bonds is 8. The molecule has 5 nitrogen and oxygen atoms in total. The summed E-state index contributed by atoms with van der Waals surface area (Å²) in [7, 11) is 0. The van der Waals surface area contributed by atoms with Crippen molar-refractivity contribution in [3.05, 3.63) is 53.6 Å². The molecule has 0 aromatic heterocycles. The zero-order valence-electron chi connectivity index (χ0n) is 15.4. The maximum Gasteiger partial charge on any atom is 0.416 e. The smallest absolute Gasteiger partial charge is 0.416 e. The van der Waals surface area contributed by atoms with Crippen molar-refractivity contribution in [1.82, 2.24) is 0 Å². The molecule has 0 heterocycles. The van der Waals surface area contributed by atoms with Gasteiger partial charge in [0.2, 0.25) is 0 Å². The number of halogens is 6. The van der Waals surface area contributed by atoms with Gasteiger partial charge >= 0.3 is 12.4 Å². The summed E-state index contributed by atoms with van der Waals surface area (Å²) in [6, 6.07) is 6.21. The molecule has 2 rings (SSSR count). The molecular formula is C19H19F6NO4. The van der Waals surface area contributed by atoms with E-state index < -0.39 is 41.6 Å². The quantitative estimate of drug-likeness (QED) is 0.422. The standard InChI is InChI=1S/C19H19F6NO4/c20-18(21,22)11-7-12(19(23,24)25)9-16(8-11)29-14-1-3-15(4-2-14)30-17(26)10-13(28)5-6-27/h1-4,7-9,13,17,27-28H,5-6,10,26H2. The van der Waals surface area contributed by atoms with E-state index in [-0.39, 0.29) is 37.0 Å². The fourth-order valence-electron chi connectivity index (χ4n) is 2.47. The second-order valence-electron chi connectivity index (χ2n) is 6.37. The summed E-state index contributed by atoms with van der Waals surface area (Å²) in [4.78, 5) is 0. The van der Waals surface area contributed by atoms with Gasteiger partial charge in [0.1, 0.15) is 23.5 Å². The number of hydrogen-bond acceptors (Lipinski definition) is 5. The lowest BCUT2D eigenvalue weighted by molar-refractivity contribution is -0.143. The predicted octanol–water partition coefficient (Wildman–Crippen LogP) is 4.31. The van der Waals surface area contributed by atoms with Gasteiger partial charge < -0.3 is 19.7 Å². The highest BCUT2D eigenvalue weighted by Crippen LogP contribution is 2.39. The third-order valence-electron chi connectivity index (χ3n) is 3.87. The van der Waals surface area contributed by atoms with Crippen molar-refractivity contribution in [2.24, 2.45) is 5.73 Å². The Balaban J connectivity index is 2.13. The van der Waals surface area contributed by atoms with E-state index in [2.05, 4.69) is 0 Å². The molecule has 30 heavy (non-hydrogen) atoms. The Morgan fingerprint density at radius 2 is 1.33 bits per heavy atom. The van der Waals surface area contributed by atoms with Crippen LogP contribution in [0.2, 0.25) is 0 Å². The molecule has 2 aromatic carbocycles. The van der Waals surface area contributed by atoms with Crippen LogP contribution in [0.4, 0.5) is 26.3 Å². The summed E-state index contributed by atoms with van der Waals surface area (Å²) in [6.45, 7) is -0.217. The molecule has 0 radical (unpaired) electrons. The van der Waals surface area contributed by atoms with Crippen molar-refractivity contribution in [3.63, 3.8) is 0 Å². The summed E-state index contributed by atoms with van der Waals surface area (Å²) in [5, 5.41) is 18.3. The molecule has 0 amide bonds. The van der Waals surface area contributed by atoms with Crippen molar-refractivity contribution < 1.29 is 46.0 Å². The second kappa shape index (κ2) is 9.54. The van der Waals surface area contributed by atoms with E-state index in [0.717, 1.165) is 0 Å². The van der Waals surface area contributed by atoms with Gasteiger partial charge in [0.25, 0.3) is 0 Å². The van der Waals surface area contributed by atoms with Crippen LogP contribution in [0.1, 0.15) is 24.0 Å². The highest BCUT2D eigenvalue weighted by molar-refractivity contribution is 5.41. The van der Waals surface area contributed by atoms with Crippen LogP contribution in [0.5, 0.6) is 17.2 Å². The Bertz CT molecular complexity index is 791. The summed E-state index contributed by atoms with van der Waals surface area (Å²) in [5.41, 5.74) is 2.73. The molecule has 0 saturated heterocycles. The molecule has 4 N–H and O–H groups in total. The molecule has 2 atom stereocenters. The summed E-state index contributed by atoms with van der Waals surface area (Å²) in [6.07, 6.45) is -11.5. The average molecular weight is 439 g/mol. The number of aliphatic hydroxyl groups is 2. The Morgan fingerprint density at radius 3 is 1.80 bits per heavy atom. The van der Waals surface area contributed by atoms with Gasteiger partial charge in [-0.25, -0.2) is 0 Å². The monoisotopic (exact) mass is 439 g/mol. The first-order chi connectivity index (χ1) is 13.9. The van der Waals surface area contributed by atoms with Crippen LogP contribution in [-0.2, 0) is 12.4 Å². The van der Waals surface area contributed by atoms with E-state index in [4.69, 9.17) is 20.3 Å². The number of alkyl halides is 6. The van der Waals surface area contributed by atoms with E-state index >= 15 is 0 Å². The topological polar surface area (TPSA) is 84.9 Å². The van der Waals surface area contributed by atoms with Crippen LogP contribution in [0, 0.1) is 0 Å². The third kappa shape index (κ3) is 7.08. The second-order valence-corrected chi connectivity index (χ2v) is 6.37. The molecule has 0 spiro atoms. The van der Waals surface area contributed by atoms with Crippen molar-refractivity contribution in [1.29, 1.82) is 0 Å². The first-order valence-electron chi connectivity index (χ1n) is 8.67.